The minimum atomic E-state index is -1.02. The quantitative estimate of drug-likeness (QED) is 0.0976. The first-order valence-electron chi connectivity index (χ1n) is 23.9. The van der Waals surface area contributed by atoms with Crippen LogP contribution in [-0.4, -0.2) is 125 Å². The summed E-state index contributed by atoms with van der Waals surface area (Å²) in [7, 11) is 0. The molecule has 13 nitrogen and oxygen atoms in total. The monoisotopic (exact) mass is 921 g/mol. The molecule has 352 valence electrons. The second-order valence-electron chi connectivity index (χ2n) is 19.7. The molecule has 3 atom stereocenters. The van der Waals surface area contributed by atoms with Gasteiger partial charge in [-0.25, -0.2) is 17.6 Å². The van der Waals surface area contributed by atoms with Gasteiger partial charge in [0.15, 0.2) is 5.82 Å². The van der Waals surface area contributed by atoms with Crippen molar-refractivity contribution in [2.75, 3.05) is 75.3 Å². The molecule has 11 rings (SSSR count). The van der Waals surface area contributed by atoms with Gasteiger partial charge in [0.05, 0.1) is 17.9 Å². The van der Waals surface area contributed by atoms with Gasteiger partial charge in [0, 0.05) is 98.8 Å². The number of phenolic OH excluding ortho intramolecular Hbond substituents is 1. The Kier molecular flexibility index (Phi) is 11.4. The number of aromatic hydroxyl groups is 1. The minimum absolute atomic E-state index is 0.0299. The largest absolute Gasteiger partial charge is 0.508 e. The second kappa shape index (κ2) is 17.5. The molecule has 5 aliphatic heterocycles. The van der Waals surface area contributed by atoms with Gasteiger partial charge in [-0.2, -0.15) is 9.97 Å². The molecule has 0 spiro atoms. The second-order valence-corrected chi connectivity index (χ2v) is 19.7. The van der Waals surface area contributed by atoms with Crippen LogP contribution in [0.3, 0.4) is 0 Å². The molecular weight excluding hydrogens is 867 g/mol. The van der Waals surface area contributed by atoms with Crippen LogP contribution < -0.4 is 25.2 Å². The van der Waals surface area contributed by atoms with E-state index in [0.29, 0.717) is 96.1 Å². The third-order valence-corrected chi connectivity index (χ3v) is 15.3. The Bertz CT molecular complexity index is 2740. The lowest BCUT2D eigenvalue weighted by molar-refractivity contribution is -0.134. The van der Waals surface area contributed by atoms with Crippen LogP contribution >= 0.6 is 0 Å². The zero-order chi connectivity index (χ0) is 46.1. The van der Waals surface area contributed by atoms with E-state index in [2.05, 4.69) is 30.3 Å². The number of phenols is 1. The highest BCUT2D eigenvalue weighted by Crippen LogP contribution is 2.47. The molecule has 0 radical (unpaired) electrons. The van der Waals surface area contributed by atoms with E-state index in [4.69, 9.17) is 14.7 Å². The fraction of sp³-hybridized carbons (Fsp3) is 0.500. The average Bonchev–Trinajstić information content (AvgIpc) is 4.01. The van der Waals surface area contributed by atoms with E-state index in [0.717, 1.165) is 71.2 Å². The van der Waals surface area contributed by atoms with Crippen molar-refractivity contribution in [1.82, 2.24) is 35.4 Å². The van der Waals surface area contributed by atoms with Crippen LogP contribution in [0.1, 0.15) is 75.3 Å². The molecule has 2 amide bonds. The number of benzene rings is 3. The van der Waals surface area contributed by atoms with Crippen LogP contribution in [0.2, 0.25) is 0 Å². The van der Waals surface area contributed by atoms with Crippen LogP contribution in [0.15, 0.2) is 42.6 Å². The Hall–Kier alpha value is -5.65. The molecule has 3 unspecified atom stereocenters. The SMILES string of the molecule is CCc1c(F)ccc2cc(O)cc(-c3ncc4c(N5CC6CCC(C5)N6)nc(OCC5(CN6CCC(N7CCN(c8cc(F)c(C9CCC(=O)NC9=O)c(F)c8)CC7)CC6)CC5)nc4c3F)c12. The summed E-state index contributed by atoms with van der Waals surface area (Å²) in [6.45, 7) is 9.16. The average molecular weight is 922 g/mol. The van der Waals surface area contributed by atoms with E-state index in [1.807, 2.05) is 11.8 Å². The molecule has 2 bridgehead atoms. The van der Waals surface area contributed by atoms with Gasteiger partial charge >= 0.3 is 6.01 Å². The first kappa shape index (κ1) is 43.9. The van der Waals surface area contributed by atoms with E-state index in [9.17, 15) is 14.7 Å². The van der Waals surface area contributed by atoms with Crippen molar-refractivity contribution in [2.45, 2.75) is 88.8 Å². The smallest absolute Gasteiger partial charge is 0.319 e. The van der Waals surface area contributed by atoms with Crippen molar-refractivity contribution >= 4 is 45.0 Å². The Morgan fingerprint density at radius 3 is 2.27 bits per heavy atom. The molecule has 3 aromatic carbocycles. The van der Waals surface area contributed by atoms with Gasteiger partial charge in [0.25, 0.3) is 0 Å². The summed E-state index contributed by atoms with van der Waals surface area (Å²) in [5.74, 6) is -4.24. The van der Waals surface area contributed by atoms with Crippen LogP contribution in [0.4, 0.5) is 29.1 Å². The van der Waals surface area contributed by atoms with Gasteiger partial charge in [-0.05, 0) is 111 Å². The number of aryl methyl sites for hydroxylation is 1. The molecule has 67 heavy (non-hydrogen) atoms. The van der Waals surface area contributed by atoms with Crippen LogP contribution in [0.25, 0.3) is 32.9 Å². The Morgan fingerprint density at radius 1 is 0.851 bits per heavy atom. The number of amides is 2. The third kappa shape index (κ3) is 8.41. The van der Waals surface area contributed by atoms with E-state index in [1.165, 1.54) is 24.3 Å². The number of nitrogens with zero attached hydrogens (tertiary/aromatic N) is 7. The molecule has 1 saturated carbocycles. The lowest BCUT2D eigenvalue weighted by Crippen LogP contribution is -2.53. The van der Waals surface area contributed by atoms with Crippen LogP contribution in [-0.2, 0) is 16.0 Å². The number of pyridine rings is 1. The van der Waals surface area contributed by atoms with Crippen molar-refractivity contribution < 1.29 is 37.0 Å². The van der Waals surface area contributed by atoms with Gasteiger partial charge in [-0.3, -0.25) is 24.8 Å². The van der Waals surface area contributed by atoms with Gasteiger partial charge in [-0.15, -0.1) is 0 Å². The Balaban J connectivity index is 0.759. The molecular formula is C50H55F4N9O4. The van der Waals surface area contributed by atoms with E-state index < -0.39 is 41.0 Å². The molecule has 5 saturated heterocycles. The number of fused-ring (bicyclic) bond motifs is 4. The Labute approximate surface area is 385 Å². The maximum absolute atomic E-state index is 17.1. The number of carbonyl (C=O) groups is 2. The number of ether oxygens (including phenoxy) is 1. The lowest BCUT2D eigenvalue weighted by Gasteiger charge is -2.44. The predicted octanol–water partition coefficient (Wildman–Crippen LogP) is 6.58. The zero-order valence-corrected chi connectivity index (χ0v) is 37.6. The topological polar surface area (TPSA) is 139 Å². The summed E-state index contributed by atoms with van der Waals surface area (Å²) < 4.78 is 69.4. The first-order valence-corrected chi connectivity index (χ1v) is 23.9. The number of anilines is 2. The van der Waals surface area contributed by atoms with Crippen molar-refractivity contribution in [3.05, 3.63) is 77.0 Å². The predicted molar refractivity (Wildman–Crippen MR) is 245 cm³/mol. The van der Waals surface area contributed by atoms with Crippen molar-refractivity contribution in [3.63, 3.8) is 0 Å². The number of likely N-dealkylation sites (tertiary alicyclic amines) is 1. The molecule has 3 N–H and O–H groups in total. The highest BCUT2D eigenvalue weighted by molar-refractivity contribution is 6.02. The molecule has 5 aromatic rings. The maximum Gasteiger partial charge on any atom is 0.319 e. The fourth-order valence-electron chi connectivity index (χ4n) is 11.6. The van der Waals surface area contributed by atoms with Crippen LogP contribution in [0, 0.1) is 28.7 Å². The zero-order valence-electron chi connectivity index (χ0n) is 37.6. The number of halogens is 4. The van der Waals surface area contributed by atoms with Gasteiger partial charge < -0.3 is 29.9 Å². The molecule has 2 aromatic heterocycles. The molecule has 6 aliphatic rings. The van der Waals surface area contributed by atoms with Gasteiger partial charge in [0.1, 0.15) is 40.2 Å². The summed E-state index contributed by atoms with van der Waals surface area (Å²) in [4.78, 5) is 47.4. The number of hydrogen-bond acceptors (Lipinski definition) is 12. The summed E-state index contributed by atoms with van der Waals surface area (Å²) in [5.41, 5.74) is 0.847. The number of carbonyl (C=O) groups excluding carboxylic acids is 2. The van der Waals surface area contributed by atoms with Crippen molar-refractivity contribution in [2.24, 2.45) is 5.41 Å². The summed E-state index contributed by atoms with van der Waals surface area (Å²) in [6, 6.07) is 9.66. The molecule has 17 heteroatoms. The maximum atomic E-state index is 17.1. The number of imide groups is 1. The molecule has 1 aliphatic carbocycles. The normalized spacial score (nSPS) is 23.6. The number of hydrogen-bond donors (Lipinski definition) is 3. The third-order valence-electron chi connectivity index (χ3n) is 15.3. The minimum Gasteiger partial charge on any atom is -0.508 e. The summed E-state index contributed by atoms with van der Waals surface area (Å²) in [5, 5.41) is 18.1. The van der Waals surface area contributed by atoms with Crippen LogP contribution in [0.5, 0.6) is 11.8 Å². The van der Waals surface area contributed by atoms with E-state index >= 15 is 17.6 Å². The van der Waals surface area contributed by atoms with Gasteiger partial charge in [0.2, 0.25) is 11.8 Å². The number of piperidine rings is 2. The van der Waals surface area contributed by atoms with E-state index in [-0.39, 0.29) is 46.8 Å². The number of rotatable bonds is 11. The van der Waals surface area contributed by atoms with Crippen molar-refractivity contribution in [3.8, 4) is 23.0 Å². The fourth-order valence-corrected chi connectivity index (χ4v) is 11.6. The standard InChI is InChI=1S/C50H55F4N9O4/c1-2-34-38(51)7-3-28-19-33(64)22-36(42(28)34)45-44(54)46-37(23-55-45)47(63-24-29-4-5-30(25-63)56-29)59-49(58-46)67-27-50(11-12-50)26-60-13-9-31(10-14-60)61-15-17-62(18-16-61)32-20-39(52)43(40(53)21-32)35-6-8-41(65)57-48(35)66/h3,7,19-23,29-31,35,56,64H,2,4-6,8-18,24-27H2,1H3,(H,57,65,66). The summed E-state index contributed by atoms with van der Waals surface area (Å²) >= 11 is 0. The van der Waals surface area contributed by atoms with E-state index in [1.54, 1.807) is 18.3 Å². The first-order chi connectivity index (χ1) is 32.4. The number of piperazine rings is 2. The molecule has 6 fully saturated rings. The summed E-state index contributed by atoms with van der Waals surface area (Å²) in [6.07, 6.45) is 8.19. The van der Waals surface area contributed by atoms with Crippen molar-refractivity contribution in [1.29, 1.82) is 0 Å². The highest BCUT2D eigenvalue weighted by Gasteiger charge is 2.46. The van der Waals surface area contributed by atoms with Gasteiger partial charge in [-0.1, -0.05) is 13.0 Å². The Morgan fingerprint density at radius 2 is 1.58 bits per heavy atom. The molecule has 7 heterocycles. The highest BCUT2D eigenvalue weighted by atomic mass is 19.1. The lowest BCUT2D eigenvalue weighted by atomic mass is 9.89. The number of nitrogens with one attached hydrogen (secondary N) is 2. The number of aromatic nitrogens is 3.